The largest absolute Gasteiger partial charge is 0.498 e. The van der Waals surface area contributed by atoms with E-state index in [0.717, 1.165) is 59.3 Å². The Bertz CT molecular complexity index is 1000. The highest BCUT2D eigenvalue weighted by molar-refractivity contribution is 5.97. The Morgan fingerprint density at radius 2 is 1.81 bits per heavy atom. The minimum absolute atomic E-state index is 0.192. The molecule has 1 unspecified atom stereocenters. The average Bonchev–Trinajstić information content (AvgIpc) is 2.84. The predicted molar refractivity (Wildman–Crippen MR) is 151 cm³/mol. The Hall–Kier alpha value is -2.86. The van der Waals surface area contributed by atoms with Gasteiger partial charge < -0.3 is 19.9 Å². The summed E-state index contributed by atoms with van der Waals surface area (Å²) in [5, 5.41) is 12.8. The molecule has 0 aliphatic rings. The summed E-state index contributed by atoms with van der Waals surface area (Å²) in [6.07, 6.45) is 6.15. The van der Waals surface area contributed by atoms with Crippen molar-refractivity contribution in [1.29, 1.82) is 0 Å². The van der Waals surface area contributed by atoms with E-state index < -0.39 is 12.1 Å². The second kappa shape index (κ2) is 16.1. The van der Waals surface area contributed by atoms with Gasteiger partial charge in [0.1, 0.15) is 0 Å². The van der Waals surface area contributed by atoms with Gasteiger partial charge in [0.15, 0.2) is 6.10 Å². The fourth-order valence-corrected chi connectivity index (χ4v) is 4.38. The molecule has 1 aromatic rings. The molecule has 1 rings (SSSR count). The molecule has 0 bridgehead atoms. The van der Waals surface area contributed by atoms with E-state index in [0.29, 0.717) is 18.7 Å². The van der Waals surface area contributed by atoms with Crippen LogP contribution in [0.15, 0.2) is 41.7 Å². The molecule has 0 saturated heterocycles. The molecular formula is C31H47NO5. The molecule has 0 radical (unpaired) electrons. The van der Waals surface area contributed by atoms with Gasteiger partial charge in [-0.05, 0) is 86.9 Å². The molecule has 0 saturated carbocycles. The quantitative estimate of drug-likeness (QED) is 0.149. The molecule has 1 atom stereocenters. The molecular weight excluding hydrogens is 466 g/mol. The maximum Gasteiger partial charge on any atom is 0.333 e. The molecule has 6 heteroatoms. The van der Waals surface area contributed by atoms with E-state index in [1.165, 1.54) is 5.56 Å². The summed E-state index contributed by atoms with van der Waals surface area (Å²) in [6.45, 7) is 20.7. The predicted octanol–water partition coefficient (Wildman–Crippen LogP) is 6.52. The van der Waals surface area contributed by atoms with E-state index in [1.807, 2.05) is 47.6 Å². The zero-order valence-electron chi connectivity index (χ0n) is 24.1. The number of carbonyl (C=O) groups excluding carboxylic acids is 1. The van der Waals surface area contributed by atoms with Crippen LogP contribution in [0.25, 0.3) is 0 Å². The number of benzene rings is 1. The van der Waals surface area contributed by atoms with E-state index >= 15 is 0 Å². The first-order chi connectivity index (χ1) is 17.5. The van der Waals surface area contributed by atoms with E-state index in [1.54, 1.807) is 6.08 Å². The summed E-state index contributed by atoms with van der Waals surface area (Å²) in [4.78, 5) is 25.0. The van der Waals surface area contributed by atoms with Crippen molar-refractivity contribution < 1.29 is 24.2 Å². The third kappa shape index (κ3) is 9.84. The van der Waals surface area contributed by atoms with E-state index in [4.69, 9.17) is 9.47 Å². The molecule has 0 heterocycles. The Morgan fingerprint density at radius 1 is 1.14 bits per heavy atom. The zero-order chi connectivity index (χ0) is 28.1. The van der Waals surface area contributed by atoms with Gasteiger partial charge in [-0.1, -0.05) is 45.9 Å². The van der Waals surface area contributed by atoms with Crippen LogP contribution in [-0.4, -0.2) is 35.8 Å². The lowest BCUT2D eigenvalue weighted by Crippen LogP contribution is -2.30. The van der Waals surface area contributed by atoms with Gasteiger partial charge in [-0.15, -0.1) is 0 Å². The van der Waals surface area contributed by atoms with Gasteiger partial charge in [0.2, 0.25) is 0 Å². The first-order valence-electron chi connectivity index (χ1n) is 13.4. The summed E-state index contributed by atoms with van der Waals surface area (Å²) in [7, 11) is 0. The van der Waals surface area contributed by atoms with Crippen LogP contribution in [0.3, 0.4) is 0 Å². The summed E-state index contributed by atoms with van der Waals surface area (Å²) in [5.41, 5.74) is 6.55. The monoisotopic (exact) mass is 513 g/mol. The molecule has 0 fully saturated rings. The lowest BCUT2D eigenvalue weighted by molar-refractivity contribution is -0.153. The maximum absolute atomic E-state index is 13.2. The average molecular weight is 514 g/mol. The van der Waals surface area contributed by atoms with Crippen LogP contribution in [-0.2, 0) is 38.4 Å². The molecule has 0 spiro atoms. The van der Waals surface area contributed by atoms with Gasteiger partial charge in [-0.25, -0.2) is 4.79 Å². The highest BCUT2D eigenvalue weighted by Gasteiger charge is 2.23. The Labute approximate surface area is 223 Å². The van der Waals surface area contributed by atoms with Crippen LogP contribution in [0.5, 0.6) is 0 Å². The molecule has 37 heavy (non-hydrogen) atoms. The van der Waals surface area contributed by atoms with E-state index in [2.05, 4.69) is 31.8 Å². The number of carboxylic acid groups (broad SMARTS) is 1. The molecule has 0 aliphatic heterocycles. The first kappa shape index (κ1) is 32.2. The molecule has 206 valence electrons. The number of allylic oxidation sites excluding steroid dienone is 3. The number of hydrogen-bond donors (Lipinski definition) is 2. The highest BCUT2D eigenvalue weighted by atomic mass is 16.5. The third-order valence-electron chi connectivity index (χ3n) is 6.30. The van der Waals surface area contributed by atoms with Crippen LogP contribution in [0, 0.1) is 13.8 Å². The number of ether oxygens (including phenoxy) is 2. The van der Waals surface area contributed by atoms with Crippen molar-refractivity contribution in [2.45, 2.75) is 106 Å². The van der Waals surface area contributed by atoms with Crippen molar-refractivity contribution in [2.75, 3.05) is 6.61 Å². The molecule has 1 aromatic carbocycles. The molecule has 0 aliphatic carbocycles. The minimum atomic E-state index is -0.975. The number of hydrogen-bond acceptors (Lipinski definition) is 4. The molecule has 1 amide bonds. The lowest BCUT2D eigenvalue weighted by Gasteiger charge is -2.22. The number of carbonyl (C=O) groups is 2. The minimum Gasteiger partial charge on any atom is -0.498 e. The van der Waals surface area contributed by atoms with Gasteiger partial charge in [-0.3, -0.25) is 4.79 Å². The third-order valence-corrected chi connectivity index (χ3v) is 6.30. The van der Waals surface area contributed by atoms with Crippen molar-refractivity contribution in [3.05, 3.63) is 69.5 Å². The van der Waals surface area contributed by atoms with E-state index in [9.17, 15) is 14.7 Å². The highest BCUT2D eigenvalue weighted by Crippen LogP contribution is 2.26. The number of aryl methyl sites for hydroxylation is 1. The van der Waals surface area contributed by atoms with Crippen LogP contribution in [0.2, 0.25) is 0 Å². The fraction of sp³-hybridized carbons (Fsp3) is 0.548. The second-order valence-corrected chi connectivity index (χ2v) is 9.70. The molecule has 2 N–H and O–H groups in total. The van der Waals surface area contributed by atoms with Crippen molar-refractivity contribution in [1.82, 2.24) is 5.32 Å². The SMILES string of the molecule is C=C/C(C(=O)NCc1c(C)c(CC(OC(C)C)C(=O)O)cc(C)c1CCC)=C(C)\C=C(/CC)OCCC. The van der Waals surface area contributed by atoms with Crippen LogP contribution in [0.4, 0.5) is 0 Å². The van der Waals surface area contributed by atoms with Crippen molar-refractivity contribution in [2.24, 2.45) is 0 Å². The van der Waals surface area contributed by atoms with Gasteiger partial charge >= 0.3 is 5.97 Å². The summed E-state index contributed by atoms with van der Waals surface area (Å²) < 4.78 is 11.4. The second-order valence-electron chi connectivity index (χ2n) is 9.70. The number of carboxylic acids is 1. The number of nitrogens with one attached hydrogen (secondary N) is 1. The zero-order valence-corrected chi connectivity index (χ0v) is 24.1. The lowest BCUT2D eigenvalue weighted by atomic mass is 9.88. The normalized spacial score (nSPS) is 13.3. The van der Waals surface area contributed by atoms with Gasteiger partial charge in [0, 0.05) is 25.0 Å². The smallest absolute Gasteiger partial charge is 0.333 e. The number of rotatable bonds is 16. The summed E-state index contributed by atoms with van der Waals surface area (Å²) in [6, 6.07) is 2.07. The van der Waals surface area contributed by atoms with Gasteiger partial charge in [0.25, 0.3) is 5.91 Å². The van der Waals surface area contributed by atoms with E-state index in [-0.39, 0.29) is 18.4 Å². The van der Waals surface area contributed by atoms with Gasteiger partial charge in [0.05, 0.1) is 18.5 Å². The summed E-state index contributed by atoms with van der Waals surface area (Å²) in [5.74, 6) is -0.337. The Balaban J connectivity index is 3.33. The van der Waals surface area contributed by atoms with Crippen LogP contribution in [0.1, 0.15) is 88.6 Å². The summed E-state index contributed by atoms with van der Waals surface area (Å²) >= 11 is 0. The van der Waals surface area contributed by atoms with Crippen molar-refractivity contribution >= 4 is 11.9 Å². The van der Waals surface area contributed by atoms with Gasteiger partial charge in [-0.2, -0.15) is 0 Å². The fourth-order valence-electron chi connectivity index (χ4n) is 4.38. The standard InChI is InChI=1S/C31H47NO5/c1-10-14-27-21(7)16-24(18-29(31(34)35)37-20(5)6)23(9)28(27)19-32-30(33)26(13-4)22(8)17-25(12-3)36-15-11-2/h13,16-17,20,29H,4,10-12,14-15,18-19H2,1-3,5-9H3,(H,32,33)(H,34,35)/b25-17+,26-22+. The Morgan fingerprint density at radius 3 is 2.32 bits per heavy atom. The van der Waals surface area contributed by atoms with Crippen molar-refractivity contribution in [3.8, 4) is 0 Å². The van der Waals surface area contributed by atoms with Crippen LogP contribution < -0.4 is 5.32 Å². The van der Waals surface area contributed by atoms with Crippen LogP contribution >= 0.6 is 0 Å². The Kier molecular flexibility index (Phi) is 14.0. The number of aliphatic carboxylic acids is 1. The molecule has 0 aromatic heterocycles. The maximum atomic E-state index is 13.2. The molecule has 6 nitrogen and oxygen atoms in total. The van der Waals surface area contributed by atoms with Crippen molar-refractivity contribution in [3.63, 3.8) is 0 Å². The first-order valence-corrected chi connectivity index (χ1v) is 13.4. The topological polar surface area (TPSA) is 84.9 Å². The number of amides is 1.